The second kappa shape index (κ2) is 8.57. The first-order chi connectivity index (χ1) is 11.5. The zero-order chi connectivity index (χ0) is 17.5. The minimum atomic E-state index is -1.17. The molecule has 2 rings (SSSR count). The Hall–Kier alpha value is -2.24. The molecule has 2 aromatic rings. The molecule has 126 valence electrons. The summed E-state index contributed by atoms with van der Waals surface area (Å²) in [5.74, 6) is -1.17. The first kappa shape index (κ1) is 18.1. The van der Waals surface area contributed by atoms with Crippen LogP contribution in [-0.4, -0.2) is 23.2 Å². The number of ether oxygens (including phenoxy) is 1. The molecule has 0 aliphatic rings. The predicted molar refractivity (Wildman–Crippen MR) is 91.4 cm³/mol. The van der Waals surface area contributed by atoms with Crippen LogP contribution in [0.25, 0.3) is 0 Å². The van der Waals surface area contributed by atoms with Gasteiger partial charge in [0, 0.05) is 16.5 Å². The van der Waals surface area contributed by atoms with E-state index in [2.05, 4.69) is 5.32 Å². The maximum atomic E-state index is 11.8. The molecule has 0 aliphatic heterocycles. The maximum absolute atomic E-state index is 11.8. The fraction of sp³-hybridized carbons (Fsp3) is 0.176. The summed E-state index contributed by atoms with van der Waals surface area (Å²) in [6.45, 7) is -0.00910. The number of benzene rings is 2. The van der Waals surface area contributed by atoms with Crippen molar-refractivity contribution in [3.05, 3.63) is 69.7 Å². The highest BCUT2D eigenvalue weighted by molar-refractivity contribution is 6.31. The molecule has 1 amide bonds. The number of carboxylic acid groups (broad SMARTS) is 1. The van der Waals surface area contributed by atoms with E-state index < -0.39 is 18.1 Å². The van der Waals surface area contributed by atoms with Crippen molar-refractivity contribution in [2.45, 2.75) is 19.1 Å². The molecule has 0 aliphatic carbocycles. The third kappa shape index (κ3) is 5.44. The third-order valence-corrected chi connectivity index (χ3v) is 3.83. The lowest BCUT2D eigenvalue weighted by molar-refractivity contribution is -0.139. The van der Waals surface area contributed by atoms with Crippen molar-refractivity contribution in [3.8, 4) is 0 Å². The Kier molecular flexibility index (Phi) is 6.46. The zero-order valence-corrected chi connectivity index (χ0v) is 14.1. The Bertz CT molecular complexity index is 736. The van der Waals surface area contributed by atoms with Gasteiger partial charge in [-0.15, -0.1) is 0 Å². The van der Waals surface area contributed by atoms with Crippen LogP contribution >= 0.6 is 23.2 Å². The molecular weight excluding hydrogens is 353 g/mol. The van der Waals surface area contributed by atoms with Crippen molar-refractivity contribution in [2.75, 3.05) is 0 Å². The first-order valence-corrected chi connectivity index (χ1v) is 7.85. The predicted octanol–water partition coefficient (Wildman–Crippen LogP) is 3.92. The van der Waals surface area contributed by atoms with Crippen LogP contribution in [0.4, 0.5) is 4.79 Å². The second-order valence-corrected chi connectivity index (χ2v) is 5.88. The number of amides is 1. The summed E-state index contributed by atoms with van der Waals surface area (Å²) in [5.41, 5.74) is 1.33. The van der Waals surface area contributed by atoms with E-state index in [-0.39, 0.29) is 13.0 Å². The second-order valence-electron chi connectivity index (χ2n) is 5.04. The van der Waals surface area contributed by atoms with E-state index in [0.29, 0.717) is 21.2 Å². The molecule has 2 aromatic carbocycles. The van der Waals surface area contributed by atoms with Crippen LogP contribution < -0.4 is 5.32 Å². The average molecular weight is 368 g/mol. The van der Waals surface area contributed by atoms with Crippen LogP contribution in [0.2, 0.25) is 10.0 Å². The fourth-order valence-electron chi connectivity index (χ4n) is 2.04. The zero-order valence-electron chi connectivity index (χ0n) is 12.5. The Morgan fingerprint density at radius 2 is 1.88 bits per heavy atom. The monoisotopic (exact) mass is 367 g/mol. The Morgan fingerprint density at radius 3 is 2.54 bits per heavy atom. The minimum Gasteiger partial charge on any atom is -0.480 e. The lowest BCUT2D eigenvalue weighted by Crippen LogP contribution is -2.42. The highest BCUT2D eigenvalue weighted by atomic mass is 35.5. The van der Waals surface area contributed by atoms with Crippen LogP contribution in [-0.2, 0) is 22.6 Å². The van der Waals surface area contributed by atoms with Gasteiger partial charge in [0.05, 0.1) is 0 Å². The number of hydrogen-bond acceptors (Lipinski definition) is 3. The molecule has 1 unspecified atom stereocenters. The average Bonchev–Trinajstić information content (AvgIpc) is 2.54. The van der Waals surface area contributed by atoms with E-state index in [1.54, 1.807) is 48.5 Å². The van der Waals surface area contributed by atoms with Gasteiger partial charge in [0.15, 0.2) is 0 Å². The number of carbonyl (C=O) groups is 2. The van der Waals surface area contributed by atoms with Gasteiger partial charge in [-0.25, -0.2) is 9.59 Å². The van der Waals surface area contributed by atoms with Crippen LogP contribution in [0.1, 0.15) is 11.1 Å². The van der Waals surface area contributed by atoms with Crippen molar-refractivity contribution in [1.82, 2.24) is 5.32 Å². The SMILES string of the molecule is O=C(NC(Cc1ccccc1Cl)C(=O)O)OCc1cccc(Cl)c1. The van der Waals surface area contributed by atoms with Crippen LogP contribution in [0.15, 0.2) is 48.5 Å². The maximum Gasteiger partial charge on any atom is 0.408 e. The van der Waals surface area contributed by atoms with Gasteiger partial charge in [0.2, 0.25) is 0 Å². The van der Waals surface area contributed by atoms with Crippen molar-refractivity contribution < 1.29 is 19.4 Å². The first-order valence-electron chi connectivity index (χ1n) is 7.09. The lowest BCUT2D eigenvalue weighted by Gasteiger charge is -2.15. The molecule has 0 saturated carbocycles. The summed E-state index contributed by atoms with van der Waals surface area (Å²) in [4.78, 5) is 23.2. The number of alkyl carbamates (subject to hydrolysis) is 1. The number of rotatable bonds is 6. The summed E-state index contributed by atoms with van der Waals surface area (Å²) >= 11 is 11.9. The van der Waals surface area contributed by atoms with Gasteiger partial charge in [-0.2, -0.15) is 0 Å². The van der Waals surface area contributed by atoms with Crippen LogP contribution in [0, 0.1) is 0 Å². The number of hydrogen-bond donors (Lipinski definition) is 2. The minimum absolute atomic E-state index is 0.00910. The van der Waals surface area contributed by atoms with E-state index in [4.69, 9.17) is 27.9 Å². The van der Waals surface area contributed by atoms with Gasteiger partial charge in [-0.3, -0.25) is 0 Å². The number of aliphatic carboxylic acids is 1. The Labute approximate surface area is 149 Å². The lowest BCUT2D eigenvalue weighted by atomic mass is 10.1. The molecule has 1 atom stereocenters. The molecule has 0 saturated heterocycles. The molecule has 5 nitrogen and oxygen atoms in total. The third-order valence-electron chi connectivity index (χ3n) is 3.23. The van der Waals surface area contributed by atoms with Gasteiger partial charge in [0.25, 0.3) is 0 Å². The highest BCUT2D eigenvalue weighted by Gasteiger charge is 2.22. The molecule has 0 bridgehead atoms. The Balaban J connectivity index is 1.94. The molecule has 0 heterocycles. The molecule has 0 fully saturated rings. The van der Waals surface area contributed by atoms with E-state index >= 15 is 0 Å². The van der Waals surface area contributed by atoms with Crippen LogP contribution in [0.5, 0.6) is 0 Å². The largest absolute Gasteiger partial charge is 0.480 e. The molecule has 2 N–H and O–H groups in total. The number of halogens is 2. The van der Waals surface area contributed by atoms with Gasteiger partial charge in [0.1, 0.15) is 12.6 Å². The van der Waals surface area contributed by atoms with Gasteiger partial charge >= 0.3 is 12.1 Å². The fourth-order valence-corrected chi connectivity index (χ4v) is 2.47. The summed E-state index contributed by atoms with van der Waals surface area (Å²) in [7, 11) is 0. The van der Waals surface area contributed by atoms with Crippen molar-refractivity contribution in [2.24, 2.45) is 0 Å². The summed E-state index contributed by atoms with van der Waals surface area (Å²) < 4.78 is 5.03. The number of nitrogens with one attached hydrogen (secondary N) is 1. The van der Waals surface area contributed by atoms with E-state index in [1.165, 1.54) is 0 Å². The summed E-state index contributed by atoms with van der Waals surface area (Å²) in [6, 6.07) is 12.6. The summed E-state index contributed by atoms with van der Waals surface area (Å²) in [6.07, 6.45) is -0.768. The van der Waals surface area contributed by atoms with Gasteiger partial charge in [-0.05, 0) is 29.3 Å². The van der Waals surface area contributed by atoms with E-state index in [9.17, 15) is 14.7 Å². The number of carboxylic acids is 1. The molecule has 24 heavy (non-hydrogen) atoms. The van der Waals surface area contributed by atoms with Crippen LogP contribution in [0.3, 0.4) is 0 Å². The number of carbonyl (C=O) groups excluding carboxylic acids is 1. The molecule has 0 spiro atoms. The van der Waals surface area contributed by atoms with Gasteiger partial charge in [-0.1, -0.05) is 53.5 Å². The van der Waals surface area contributed by atoms with E-state index in [1.807, 2.05) is 0 Å². The Morgan fingerprint density at radius 1 is 1.12 bits per heavy atom. The smallest absolute Gasteiger partial charge is 0.408 e. The van der Waals surface area contributed by atoms with Crippen molar-refractivity contribution in [1.29, 1.82) is 0 Å². The van der Waals surface area contributed by atoms with Crippen molar-refractivity contribution >= 4 is 35.3 Å². The molecule has 0 aromatic heterocycles. The van der Waals surface area contributed by atoms with Crippen molar-refractivity contribution in [3.63, 3.8) is 0 Å². The molecular formula is C17H15Cl2NO4. The topological polar surface area (TPSA) is 75.6 Å². The normalized spacial score (nSPS) is 11.6. The quantitative estimate of drug-likeness (QED) is 0.811. The molecule has 7 heteroatoms. The standard InChI is InChI=1S/C17H15Cl2NO4/c18-13-6-3-4-11(8-13)10-24-17(23)20-15(16(21)22)9-12-5-1-2-7-14(12)19/h1-8,15H,9-10H2,(H,20,23)(H,21,22). The highest BCUT2D eigenvalue weighted by Crippen LogP contribution is 2.17. The summed E-state index contributed by atoms with van der Waals surface area (Å²) in [5, 5.41) is 12.6. The van der Waals surface area contributed by atoms with Gasteiger partial charge < -0.3 is 15.2 Å². The molecule has 0 radical (unpaired) electrons. The van der Waals surface area contributed by atoms with E-state index in [0.717, 1.165) is 0 Å².